The number of benzene rings is 1. The predicted octanol–water partition coefficient (Wildman–Crippen LogP) is 4.46. The molecule has 1 aromatic carbocycles. The van der Waals surface area contributed by atoms with Gasteiger partial charge in [-0.25, -0.2) is 18.1 Å². The van der Waals surface area contributed by atoms with Crippen molar-refractivity contribution in [2.75, 3.05) is 13.2 Å². The van der Waals surface area contributed by atoms with Crippen LogP contribution < -0.4 is 14.2 Å². The minimum atomic E-state index is -3.75. The molecule has 0 aliphatic rings. The molecule has 150 valence electrons. The Morgan fingerprint density at radius 2 is 1.93 bits per heavy atom. The van der Waals surface area contributed by atoms with Crippen LogP contribution in [0.5, 0.6) is 11.5 Å². The van der Waals surface area contributed by atoms with Gasteiger partial charge >= 0.3 is 0 Å². The minimum Gasteiger partial charge on any atom is -0.494 e. The largest absolute Gasteiger partial charge is 0.494 e. The number of nitrogens with one attached hydrogen (secondary N) is 1. The topological polar surface area (TPSA) is 77.5 Å². The van der Waals surface area contributed by atoms with E-state index in [1.165, 1.54) is 17.4 Å². The number of rotatable bonds is 9. The van der Waals surface area contributed by atoms with Crippen LogP contribution in [-0.2, 0) is 16.6 Å². The molecule has 1 N–H and O–H groups in total. The summed E-state index contributed by atoms with van der Waals surface area (Å²) >= 11 is 3.11. The van der Waals surface area contributed by atoms with Crippen LogP contribution >= 0.6 is 22.7 Å². The Bertz CT molecular complexity index is 1030. The second kappa shape index (κ2) is 9.04. The molecule has 0 radical (unpaired) electrons. The standard InChI is InChI=1S/C19H22N2O4S3/c1-4-24-14-8-9-18(15(11-14)25-5-2)28(22,23)20-12-17-13(3)21-19(27-17)16-7-6-10-26-16/h6-11,20H,4-5,12H2,1-3H3. The molecular weight excluding hydrogens is 416 g/mol. The van der Waals surface area contributed by atoms with E-state index < -0.39 is 10.0 Å². The summed E-state index contributed by atoms with van der Waals surface area (Å²) < 4.78 is 39.4. The quantitative estimate of drug-likeness (QED) is 0.534. The fourth-order valence-corrected chi connectivity index (χ4v) is 5.58. The van der Waals surface area contributed by atoms with Crippen LogP contribution in [0.15, 0.2) is 40.6 Å². The summed E-state index contributed by atoms with van der Waals surface area (Å²) in [6.07, 6.45) is 0. The summed E-state index contributed by atoms with van der Waals surface area (Å²) in [7, 11) is -3.75. The van der Waals surface area contributed by atoms with E-state index in [0.29, 0.717) is 19.0 Å². The molecule has 6 nitrogen and oxygen atoms in total. The Kier molecular flexibility index (Phi) is 6.71. The van der Waals surface area contributed by atoms with E-state index in [-0.39, 0.29) is 17.2 Å². The third-order valence-corrected chi connectivity index (χ3v) is 7.50. The lowest BCUT2D eigenvalue weighted by atomic mass is 10.3. The first-order valence-electron chi connectivity index (χ1n) is 8.84. The maximum absolute atomic E-state index is 12.9. The van der Waals surface area contributed by atoms with Gasteiger partial charge in [-0.3, -0.25) is 0 Å². The molecule has 0 saturated heterocycles. The highest BCUT2D eigenvalue weighted by Crippen LogP contribution is 2.32. The van der Waals surface area contributed by atoms with Crippen molar-refractivity contribution in [3.63, 3.8) is 0 Å². The van der Waals surface area contributed by atoms with Crippen molar-refractivity contribution in [3.05, 3.63) is 46.3 Å². The van der Waals surface area contributed by atoms with E-state index in [2.05, 4.69) is 9.71 Å². The van der Waals surface area contributed by atoms with Crippen LogP contribution in [0.1, 0.15) is 24.4 Å². The number of ether oxygens (including phenoxy) is 2. The summed E-state index contributed by atoms with van der Waals surface area (Å²) in [5, 5.41) is 2.90. The van der Waals surface area contributed by atoms with Crippen LogP contribution in [0.3, 0.4) is 0 Å². The zero-order valence-electron chi connectivity index (χ0n) is 15.9. The molecule has 3 rings (SSSR count). The molecule has 0 bridgehead atoms. The highest BCUT2D eigenvalue weighted by molar-refractivity contribution is 7.89. The van der Waals surface area contributed by atoms with Gasteiger partial charge in [-0.1, -0.05) is 6.07 Å². The van der Waals surface area contributed by atoms with E-state index in [0.717, 1.165) is 20.5 Å². The number of aromatic nitrogens is 1. The van der Waals surface area contributed by atoms with Gasteiger partial charge in [-0.15, -0.1) is 22.7 Å². The molecule has 0 aliphatic heterocycles. The van der Waals surface area contributed by atoms with Gasteiger partial charge in [0.25, 0.3) is 0 Å². The Morgan fingerprint density at radius 3 is 2.61 bits per heavy atom. The third-order valence-electron chi connectivity index (χ3n) is 3.86. The Labute approximate surface area is 173 Å². The molecule has 0 amide bonds. The second-order valence-electron chi connectivity index (χ2n) is 5.80. The van der Waals surface area contributed by atoms with Gasteiger partial charge < -0.3 is 9.47 Å². The van der Waals surface area contributed by atoms with Gasteiger partial charge in [0.1, 0.15) is 21.4 Å². The molecule has 0 fully saturated rings. The van der Waals surface area contributed by atoms with Crippen molar-refractivity contribution >= 4 is 32.7 Å². The van der Waals surface area contributed by atoms with Crippen molar-refractivity contribution < 1.29 is 17.9 Å². The van der Waals surface area contributed by atoms with Crippen LogP contribution in [0.2, 0.25) is 0 Å². The Hall–Kier alpha value is -1.94. The number of thiazole rings is 1. The van der Waals surface area contributed by atoms with Gasteiger partial charge in [-0.05, 0) is 44.4 Å². The van der Waals surface area contributed by atoms with Crippen LogP contribution in [-0.4, -0.2) is 26.6 Å². The first kappa shape index (κ1) is 20.8. The summed E-state index contributed by atoms with van der Waals surface area (Å²) in [5.74, 6) is 0.852. The van der Waals surface area contributed by atoms with E-state index in [1.54, 1.807) is 23.5 Å². The van der Waals surface area contributed by atoms with Gasteiger partial charge in [0, 0.05) is 17.5 Å². The maximum Gasteiger partial charge on any atom is 0.244 e. The summed E-state index contributed by atoms with van der Waals surface area (Å²) in [6, 6.07) is 8.72. The molecule has 0 atom stereocenters. The third kappa shape index (κ3) is 4.72. The molecule has 2 aromatic heterocycles. The summed E-state index contributed by atoms with van der Waals surface area (Å²) in [5.41, 5.74) is 0.827. The molecule has 0 unspecified atom stereocenters. The molecule has 0 aliphatic carbocycles. The fraction of sp³-hybridized carbons (Fsp3) is 0.316. The number of nitrogens with zero attached hydrogens (tertiary/aromatic N) is 1. The van der Waals surface area contributed by atoms with Crippen molar-refractivity contribution in [2.24, 2.45) is 0 Å². The van der Waals surface area contributed by atoms with Gasteiger partial charge in [0.05, 0.1) is 23.8 Å². The zero-order chi connectivity index (χ0) is 20.1. The van der Waals surface area contributed by atoms with Gasteiger partial charge in [-0.2, -0.15) is 0 Å². The summed E-state index contributed by atoms with van der Waals surface area (Å²) in [6.45, 7) is 6.59. The second-order valence-corrected chi connectivity index (χ2v) is 9.57. The van der Waals surface area contributed by atoms with E-state index >= 15 is 0 Å². The maximum atomic E-state index is 12.9. The smallest absolute Gasteiger partial charge is 0.244 e. The number of thiophene rings is 1. The van der Waals surface area contributed by atoms with E-state index in [4.69, 9.17) is 9.47 Å². The fourth-order valence-electron chi connectivity index (χ4n) is 2.57. The lowest BCUT2D eigenvalue weighted by Gasteiger charge is -2.13. The molecular formula is C19H22N2O4S3. The molecule has 2 heterocycles. The highest BCUT2D eigenvalue weighted by Gasteiger charge is 2.21. The highest BCUT2D eigenvalue weighted by atomic mass is 32.2. The molecule has 0 saturated carbocycles. The van der Waals surface area contributed by atoms with Gasteiger partial charge in [0.2, 0.25) is 10.0 Å². The van der Waals surface area contributed by atoms with Crippen LogP contribution in [0, 0.1) is 6.92 Å². The first-order chi connectivity index (χ1) is 13.4. The average Bonchev–Trinajstić information content (AvgIpc) is 3.30. The van der Waals surface area contributed by atoms with Crippen molar-refractivity contribution in [1.82, 2.24) is 9.71 Å². The normalized spacial score (nSPS) is 11.5. The zero-order valence-corrected chi connectivity index (χ0v) is 18.3. The monoisotopic (exact) mass is 438 g/mol. The number of hydrogen-bond donors (Lipinski definition) is 1. The SMILES string of the molecule is CCOc1ccc(S(=O)(=O)NCc2sc(-c3cccs3)nc2C)c(OCC)c1. The van der Waals surface area contributed by atoms with Crippen LogP contribution in [0.25, 0.3) is 9.88 Å². The van der Waals surface area contributed by atoms with Crippen molar-refractivity contribution in [1.29, 1.82) is 0 Å². The first-order valence-corrected chi connectivity index (χ1v) is 12.0. The molecule has 3 aromatic rings. The number of aryl methyl sites for hydroxylation is 1. The Morgan fingerprint density at radius 1 is 1.14 bits per heavy atom. The minimum absolute atomic E-state index is 0.0958. The number of sulfonamides is 1. The van der Waals surface area contributed by atoms with E-state index in [1.807, 2.05) is 38.3 Å². The molecule has 0 spiro atoms. The average molecular weight is 439 g/mol. The van der Waals surface area contributed by atoms with Crippen molar-refractivity contribution in [3.8, 4) is 21.4 Å². The molecule has 9 heteroatoms. The molecule has 28 heavy (non-hydrogen) atoms. The van der Waals surface area contributed by atoms with Crippen LogP contribution in [0.4, 0.5) is 0 Å². The lowest BCUT2D eigenvalue weighted by molar-refractivity contribution is 0.317. The Balaban J connectivity index is 1.81. The summed E-state index contributed by atoms with van der Waals surface area (Å²) in [4.78, 5) is 6.62. The lowest BCUT2D eigenvalue weighted by Crippen LogP contribution is -2.23. The number of hydrogen-bond acceptors (Lipinski definition) is 7. The van der Waals surface area contributed by atoms with Gasteiger partial charge in [0.15, 0.2) is 0 Å². The van der Waals surface area contributed by atoms with E-state index in [9.17, 15) is 8.42 Å². The predicted molar refractivity (Wildman–Crippen MR) is 113 cm³/mol. The van der Waals surface area contributed by atoms with Crippen molar-refractivity contribution in [2.45, 2.75) is 32.2 Å².